The fraction of sp³-hybridized carbons (Fsp3) is 0.522. The molecule has 4 rings (SSSR count). The van der Waals surface area contributed by atoms with Gasteiger partial charge in [-0.25, -0.2) is 9.97 Å². The van der Waals surface area contributed by atoms with Crippen LogP contribution in [0.2, 0.25) is 0 Å². The van der Waals surface area contributed by atoms with Crippen LogP contribution in [0.25, 0.3) is 11.1 Å². The van der Waals surface area contributed by atoms with Crippen LogP contribution in [-0.2, 0) is 9.53 Å². The molecule has 31 heavy (non-hydrogen) atoms. The summed E-state index contributed by atoms with van der Waals surface area (Å²) in [6.07, 6.45) is 3.88. The summed E-state index contributed by atoms with van der Waals surface area (Å²) < 4.78 is 11.5. The Morgan fingerprint density at radius 3 is 2.81 bits per heavy atom. The second-order valence-corrected chi connectivity index (χ2v) is 8.28. The van der Waals surface area contributed by atoms with Gasteiger partial charge in [-0.15, -0.1) is 0 Å². The Bertz CT molecular complexity index is 914. The smallest absolute Gasteiger partial charge is 0.236 e. The Morgan fingerprint density at radius 2 is 2.06 bits per heavy atom. The zero-order valence-electron chi connectivity index (χ0n) is 18.6. The number of benzene rings is 1. The summed E-state index contributed by atoms with van der Waals surface area (Å²) >= 11 is 0. The zero-order chi connectivity index (χ0) is 21.8. The zero-order valence-corrected chi connectivity index (χ0v) is 18.6. The molecule has 0 unspecified atom stereocenters. The quantitative estimate of drug-likeness (QED) is 0.703. The Labute approximate surface area is 183 Å². The molecule has 0 N–H and O–H groups in total. The Kier molecular flexibility index (Phi) is 6.67. The molecule has 0 radical (unpaired) electrons. The van der Waals surface area contributed by atoms with Gasteiger partial charge in [-0.1, -0.05) is 12.1 Å². The number of methoxy groups -OCH3 is 1. The van der Waals surface area contributed by atoms with Crippen LogP contribution in [0.3, 0.4) is 0 Å². The van der Waals surface area contributed by atoms with Gasteiger partial charge < -0.3 is 19.3 Å². The molecule has 8 heteroatoms. The molecular weight excluding hydrogens is 394 g/mol. The average molecular weight is 426 g/mol. The van der Waals surface area contributed by atoms with Crippen molar-refractivity contribution in [3.8, 4) is 16.9 Å². The molecule has 1 amide bonds. The molecule has 3 heterocycles. The highest BCUT2D eigenvalue weighted by molar-refractivity contribution is 5.78. The van der Waals surface area contributed by atoms with Crippen molar-refractivity contribution in [3.05, 3.63) is 36.2 Å². The molecule has 0 spiro atoms. The van der Waals surface area contributed by atoms with Gasteiger partial charge in [0.05, 0.1) is 32.5 Å². The fourth-order valence-electron chi connectivity index (χ4n) is 4.13. The van der Waals surface area contributed by atoms with E-state index in [2.05, 4.69) is 9.88 Å². The second-order valence-electron chi connectivity index (χ2n) is 8.28. The maximum atomic E-state index is 12.9. The number of ether oxygens (including phenoxy) is 2. The maximum Gasteiger partial charge on any atom is 0.236 e. The lowest BCUT2D eigenvalue weighted by molar-refractivity contribution is -0.140. The fourth-order valence-corrected chi connectivity index (χ4v) is 4.13. The second kappa shape index (κ2) is 9.62. The van der Waals surface area contributed by atoms with Crippen molar-refractivity contribution >= 4 is 11.9 Å². The molecule has 1 aromatic heterocycles. The van der Waals surface area contributed by atoms with Gasteiger partial charge >= 0.3 is 0 Å². The van der Waals surface area contributed by atoms with E-state index >= 15 is 0 Å². The van der Waals surface area contributed by atoms with E-state index in [1.54, 1.807) is 7.11 Å². The van der Waals surface area contributed by atoms with Crippen LogP contribution in [0.5, 0.6) is 5.75 Å². The van der Waals surface area contributed by atoms with E-state index in [9.17, 15) is 4.79 Å². The van der Waals surface area contributed by atoms with Gasteiger partial charge in [-0.3, -0.25) is 9.69 Å². The minimum Gasteiger partial charge on any atom is -0.497 e. The number of anilines is 1. The highest BCUT2D eigenvalue weighted by Gasteiger charge is 2.30. The van der Waals surface area contributed by atoms with Gasteiger partial charge in [-0.05, 0) is 43.6 Å². The van der Waals surface area contributed by atoms with Crippen LogP contribution < -0.4 is 9.64 Å². The number of nitrogens with zero attached hydrogens (tertiary/aromatic N) is 5. The Balaban J connectivity index is 1.61. The third-order valence-corrected chi connectivity index (χ3v) is 5.87. The lowest BCUT2D eigenvalue weighted by Crippen LogP contribution is -2.46. The Morgan fingerprint density at radius 1 is 1.26 bits per heavy atom. The predicted octanol–water partition coefficient (Wildman–Crippen LogP) is 2.21. The van der Waals surface area contributed by atoms with Crippen molar-refractivity contribution in [1.29, 1.82) is 0 Å². The van der Waals surface area contributed by atoms with Gasteiger partial charge in [0.1, 0.15) is 11.9 Å². The number of amides is 1. The van der Waals surface area contributed by atoms with Crippen LogP contribution in [0.15, 0.2) is 30.5 Å². The number of rotatable bonds is 6. The molecule has 2 fully saturated rings. The number of hydrogen-bond donors (Lipinski definition) is 0. The molecule has 166 valence electrons. The van der Waals surface area contributed by atoms with Crippen molar-refractivity contribution in [2.24, 2.45) is 0 Å². The lowest BCUT2D eigenvalue weighted by atomic mass is 10.0. The molecule has 1 atom stereocenters. The topological polar surface area (TPSA) is 71.0 Å². The van der Waals surface area contributed by atoms with Gasteiger partial charge in [0.2, 0.25) is 11.9 Å². The first kappa shape index (κ1) is 21.5. The van der Waals surface area contributed by atoms with Crippen molar-refractivity contribution in [1.82, 2.24) is 19.8 Å². The number of carbonyl (C=O) groups excluding carboxylic acids is 1. The first-order valence-electron chi connectivity index (χ1n) is 10.9. The van der Waals surface area contributed by atoms with Crippen molar-refractivity contribution < 1.29 is 14.3 Å². The van der Waals surface area contributed by atoms with Crippen LogP contribution in [0, 0.1) is 0 Å². The van der Waals surface area contributed by atoms with Crippen LogP contribution in [0.4, 0.5) is 5.95 Å². The number of carbonyl (C=O) groups is 1. The van der Waals surface area contributed by atoms with E-state index in [0.717, 1.165) is 35.7 Å². The number of aromatic nitrogens is 2. The van der Waals surface area contributed by atoms with Crippen molar-refractivity contribution in [2.75, 3.05) is 65.4 Å². The summed E-state index contributed by atoms with van der Waals surface area (Å²) in [4.78, 5) is 28.3. The van der Waals surface area contributed by atoms with Gasteiger partial charge in [0.15, 0.2) is 0 Å². The third-order valence-electron chi connectivity index (χ3n) is 5.87. The lowest BCUT2D eigenvalue weighted by Gasteiger charge is -2.34. The molecule has 0 bridgehead atoms. The molecule has 8 nitrogen and oxygen atoms in total. The van der Waals surface area contributed by atoms with Crippen LogP contribution in [0.1, 0.15) is 24.6 Å². The highest BCUT2D eigenvalue weighted by Crippen LogP contribution is 2.33. The van der Waals surface area contributed by atoms with Crippen molar-refractivity contribution in [2.45, 2.75) is 18.9 Å². The first-order chi connectivity index (χ1) is 15.0. The summed E-state index contributed by atoms with van der Waals surface area (Å²) in [6, 6.07) is 7.84. The largest absolute Gasteiger partial charge is 0.497 e. The summed E-state index contributed by atoms with van der Waals surface area (Å²) in [5.41, 5.74) is 2.65. The van der Waals surface area contributed by atoms with Gasteiger partial charge in [-0.2, -0.15) is 0 Å². The molecule has 2 saturated heterocycles. The summed E-state index contributed by atoms with van der Waals surface area (Å²) in [7, 11) is 5.48. The molecule has 1 aromatic carbocycles. The number of likely N-dealkylation sites (tertiary alicyclic amines) is 1. The first-order valence-corrected chi connectivity index (χ1v) is 10.9. The number of morpholine rings is 1. The van der Waals surface area contributed by atoms with Gasteiger partial charge in [0.25, 0.3) is 0 Å². The third kappa shape index (κ3) is 4.97. The molecule has 2 aromatic rings. The average Bonchev–Trinajstić information content (AvgIpc) is 3.31. The van der Waals surface area contributed by atoms with E-state index in [-0.39, 0.29) is 12.0 Å². The van der Waals surface area contributed by atoms with Crippen LogP contribution >= 0.6 is 0 Å². The maximum absolute atomic E-state index is 12.9. The Hall–Kier alpha value is -2.71. The van der Waals surface area contributed by atoms with E-state index in [1.165, 1.54) is 12.8 Å². The molecule has 2 aliphatic heterocycles. The minimum atomic E-state index is -0.306. The minimum absolute atomic E-state index is 0.167. The van der Waals surface area contributed by atoms with E-state index < -0.39 is 0 Å². The van der Waals surface area contributed by atoms with Gasteiger partial charge in [0, 0.05) is 32.4 Å². The standard InChI is InChI=1S/C23H31N5O3/c1-26(2)23-24-14-19(17-7-6-8-18(13-17)30-3)22(25-23)20-15-28(11-12-31-20)21(29)16-27-9-4-5-10-27/h6-8,13-14,20H,4-5,9-12,15-16H2,1-3H3/t20-/m1/s1. The monoisotopic (exact) mass is 425 g/mol. The van der Waals surface area contributed by atoms with Crippen LogP contribution in [-0.4, -0.2) is 86.2 Å². The molecule has 0 saturated carbocycles. The van der Waals surface area contributed by atoms with E-state index in [4.69, 9.17) is 14.5 Å². The SMILES string of the molecule is COc1cccc(-c2cnc(N(C)C)nc2[C@H]2CN(C(=O)CN3CCCC3)CCO2)c1. The molecule has 0 aliphatic carbocycles. The summed E-state index contributed by atoms with van der Waals surface area (Å²) in [6.45, 7) is 4.11. The predicted molar refractivity (Wildman–Crippen MR) is 119 cm³/mol. The molecule has 2 aliphatic rings. The van der Waals surface area contributed by atoms with Crippen molar-refractivity contribution in [3.63, 3.8) is 0 Å². The molecular formula is C23H31N5O3. The highest BCUT2D eigenvalue weighted by atomic mass is 16.5. The normalized spacial score (nSPS) is 19.5. The summed E-state index contributed by atoms with van der Waals surface area (Å²) in [5, 5.41) is 0. The number of hydrogen-bond acceptors (Lipinski definition) is 7. The summed E-state index contributed by atoms with van der Waals surface area (Å²) in [5.74, 6) is 1.55. The van der Waals surface area contributed by atoms with E-state index in [0.29, 0.717) is 32.2 Å². The van der Waals surface area contributed by atoms with E-state index in [1.807, 2.05) is 54.4 Å².